The molecule has 1 fully saturated rings. The van der Waals surface area contributed by atoms with Crippen LogP contribution >= 0.6 is 11.3 Å². The van der Waals surface area contributed by atoms with Crippen LogP contribution in [0.2, 0.25) is 0 Å². The third-order valence-electron chi connectivity index (χ3n) is 5.25. The number of anilines is 2. The van der Waals surface area contributed by atoms with Crippen molar-refractivity contribution in [2.75, 3.05) is 31.6 Å². The molecule has 0 radical (unpaired) electrons. The van der Waals surface area contributed by atoms with Crippen molar-refractivity contribution in [2.24, 2.45) is 0 Å². The van der Waals surface area contributed by atoms with Gasteiger partial charge in [-0.1, -0.05) is 12.1 Å². The van der Waals surface area contributed by atoms with Gasteiger partial charge in [-0.05, 0) is 36.8 Å². The van der Waals surface area contributed by atoms with Gasteiger partial charge in [-0.15, -0.1) is 11.3 Å². The molecule has 0 aliphatic carbocycles. The quantitative estimate of drug-likeness (QED) is 0.493. The van der Waals surface area contributed by atoms with Crippen LogP contribution in [0.25, 0.3) is 21.1 Å². The average molecular weight is 434 g/mol. The van der Waals surface area contributed by atoms with Gasteiger partial charge in [-0.3, -0.25) is 9.69 Å². The number of hydrogen-bond donors (Lipinski definition) is 1. The van der Waals surface area contributed by atoms with Gasteiger partial charge >= 0.3 is 0 Å². The predicted molar refractivity (Wildman–Crippen MR) is 123 cm³/mol. The van der Waals surface area contributed by atoms with Crippen LogP contribution in [0.3, 0.4) is 0 Å². The van der Waals surface area contributed by atoms with Gasteiger partial charge in [0.15, 0.2) is 0 Å². The molecule has 0 spiro atoms. The number of thiazole rings is 1. The average Bonchev–Trinajstić information content (AvgIpc) is 3.17. The number of benzene rings is 2. The van der Waals surface area contributed by atoms with Crippen LogP contribution in [0.1, 0.15) is 17.5 Å². The van der Waals surface area contributed by atoms with E-state index in [-0.39, 0.29) is 5.78 Å². The third kappa shape index (κ3) is 4.56. The van der Waals surface area contributed by atoms with Gasteiger partial charge in [0.05, 0.1) is 35.5 Å². The lowest BCUT2D eigenvalue weighted by Crippen LogP contribution is -2.35. The van der Waals surface area contributed by atoms with Crippen LogP contribution in [0.4, 0.5) is 11.6 Å². The molecule has 2 aromatic carbocycles. The molecule has 1 aliphatic rings. The fourth-order valence-electron chi connectivity index (χ4n) is 3.78. The number of nitrogens with zero attached hydrogens (tertiary/aromatic N) is 4. The monoisotopic (exact) mass is 433 g/mol. The summed E-state index contributed by atoms with van der Waals surface area (Å²) in [4.78, 5) is 27.9. The van der Waals surface area contributed by atoms with E-state index in [1.807, 2.05) is 42.6 Å². The lowest BCUT2D eigenvalue weighted by Gasteiger charge is -2.25. The van der Waals surface area contributed by atoms with E-state index in [9.17, 15) is 4.79 Å². The first-order valence-corrected chi connectivity index (χ1v) is 11.2. The van der Waals surface area contributed by atoms with E-state index in [0.717, 1.165) is 70.2 Å². The van der Waals surface area contributed by atoms with Crippen molar-refractivity contribution in [1.29, 1.82) is 0 Å². The second-order valence-electron chi connectivity index (χ2n) is 7.75. The Morgan fingerprint density at radius 1 is 1.19 bits per heavy atom. The van der Waals surface area contributed by atoms with Crippen molar-refractivity contribution in [3.05, 3.63) is 53.2 Å². The fourth-order valence-corrected chi connectivity index (χ4v) is 4.88. The highest BCUT2D eigenvalue weighted by Gasteiger charge is 2.15. The molecule has 1 saturated heterocycles. The van der Waals surface area contributed by atoms with Crippen molar-refractivity contribution >= 4 is 49.9 Å². The summed E-state index contributed by atoms with van der Waals surface area (Å²) in [5.41, 5.74) is 3.70. The van der Waals surface area contributed by atoms with Crippen LogP contribution in [-0.2, 0) is 22.5 Å². The van der Waals surface area contributed by atoms with E-state index in [4.69, 9.17) is 14.7 Å². The molecular formula is C23H23N5O2S. The number of Topliss-reactive ketones (excluding diaryl/α,β-unsaturated/α-hetero) is 1. The molecule has 5 rings (SSSR count). The van der Waals surface area contributed by atoms with E-state index < -0.39 is 0 Å². The normalized spacial score (nSPS) is 14.9. The van der Waals surface area contributed by atoms with Gasteiger partial charge in [0.1, 0.15) is 10.8 Å². The highest BCUT2D eigenvalue weighted by atomic mass is 32.1. The van der Waals surface area contributed by atoms with E-state index in [2.05, 4.69) is 15.2 Å². The maximum atomic E-state index is 11.4. The number of rotatable bonds is 6. The smallest absolute Gasteiger partial charge is 0.227 e. The first-order chi connectivity index (χ1) is 15.1. The minimum atomic E-state index is 0.138. The number of morpholine rings is 1. The molecule has 7 nitrogen and oxygen atoms in total. The lowest BCUT2D eigenvalue weighted by molar-refractivity contribution is -0.116. The van der Waals surface area contributed by atoms with E-state index in [1.54, 1.807) is 18.3 Å². The maximum absolute atomic E-state index is 11.4. The molecule has 4 aromatic rings. The zero-order chi connectivity index (χ0) is 21.2. The first-order valence-electron chi connectivity index (χ1n) is 10.3. The molecule has 8 heteroatoms. The van der Waals surface area contributed by atoms with Gasteiger partial charge in [0, 0.05) is 36.8 Å². The van der Waals surface area contributed by atoms with Gasteiger partial charge in [-0.2, -0.15) is 0 Å². The van der Waals surface area contributed by atoms with Gasteiger partial charge in [-0.25, -0.2) is 15.0 Å². The molecule has 158 valence electrons. The number of nitrogens with one attached hydrogen (secondary N) is 1. The Morgan fingerprint density at radius 2 is 2.06 bits per heavy atom. The molecule has 1 N–H and O–H groups in total. The number of ketones is 1. The molecule has 0 saturated carbocycles. The summed E-state index contributed by atoms with van der Waals surface area (Å²) in [5, 5.41) is 5.36. The minimum Gasteiger partial charge on any atom is -0.379 e. The van der Waals surface area contributed by atoms with Crippen LogP contribution in [0.5, 0.6) is 0 Å². The van der Waals surface area contributed by atoms with Crippen LogP contribution < -0.4 is 5.32 Å². The molecule has 2 aromatic heterocycles. The third-order valence-corrected chi connectivity index (χ3v) is 6.31. The highest BCUT2D eigenvalue weighted by molar-refractivity contribution is 7.19. The van der Waals surface area contributed by atoms with E-state index in [1.165, 1.54) is 0 Å². The Balaban J connectivity index is 1.44. The van der Waals surface area contributed by atoms with Crippen molar-refractivity contribution in [2.45, 2.75) is 19.9 Å². The summed E-state index contributed by atoms with van der Waals surface area (Å²) in [5.74, 6) is 0.669. The van der Waals surface area contributed by atoms with Crippen LogP contribution in [0.15, 0.2) is 42.6 Å². The highest BCUT2D eigenvalue weighted by Crippen LogP contribution is 2.30. The summed E-state index contributed by atoms with van der Waals surface area (Å²) in [6.07, 6.45) is 2.26. The summed E-state index contributed by atoms with van der Waals surface area (Å²) in [6.45, 7) is 5.88. The molecular weight excluding hydrogens is 410 g/mol. The summed E-state index contributed by atoms with van der Waals surface area (Å²) in [6, 6.07) is 11.9. The Hall–Kier alpha value is -2.94. The van der Waals surface area contributed by atoms with Gasteiger partial charge < -0.3 is 10.1 Å². The van der Waals surface area contributed by atoms with Crippen molar-refractivity contribution in [3.8, 4) is 0 Å². The number of fused-ring (bicyclic) bond motifs is 3. The Labute approximate surface area is 184 Å². The number of carbonyl (C=O) groups excluding carboxylic acids is 1. The van der Waals surface area contributed by atoms with Crippen molar-refractivity contribution in [1.82, 2.24) is 19.9 Å². The first kappa shape index (κ1) is 20.0. The molecule has 0 atom stereocenters. The fraction of sp³-hybridized carbons (Fsp3) is 0.304. The molecule has 0 bridgehead atoms. The second kappa shape index (κ2) is 8.66. The largest absolute Gasteiger partial charge is 0.379 e. The Kier molecular flexibility index (Phi) is 5.59. The number of hydrogen-bond acceptors (Lipinski definition) is 8. The van der Waals surface area contributed by atoms with Crippen molar-refractivity contribution < 1.29 is 9.53 Å². The molecule has 0 unspecified atom stereocenters. The standard InChI is InChI=1S/C23H23N5O2S/c1-15(29)11-16-3-2-4-18(12-16)25-23-24-13-17-5-6-19-22(21(17)27-23)31-20(26-19)14-28-7-9-30-10-8-28/h2-6,12-13H,7-11,14H2,1H3,(H,24,25,27). The maximum Gasteiger partial charge on any atom is 0.227 e. The Morgan fingerprint density at radius 3 is 2.90 bits per heavy atom. The summed E-state index contributed by atoms with van der Waals surface area (Å²) >= 11 is 1.70. The number of ether oxygens (including phenoxy) is 1. The summed E-state index contributed by atoms with van der Waals surface area (Å²) < 4.78 is 6.52. The number of aromatic nitrogens is 3. The van der Waals surface area contributed by atoms with E-state index >= 15 is 0 Å². The Bertz CT molecular complexity index is 1250. The topological polar surface area (TPSA) is 80.2 Å². The zero-order valence-corrected chi connectivity index (χ0v) is 18.1. The SMILES string of the molecule is CC(=O)Cc1cccc(Nc2ncc3ccc4nc(CN5CCOCC5)sc4c3n2)c1. The molecule has 31 heavy (non-hydrogen) atoms. The second-order valence-corrected chi connectivity index (χ2v) is 8.83. The predicted octanol–water partition coefficient (Wildman–Crippen LogP) is 3.95. The summed E-state index contributed by atoms with van der Waals surface area (Å²) in [7, 11) is 0. The molecule has 3 heterocycles. The zero-order valence-electron chi connectivity index (χ0n) is 17.3. The minimum absolute atomic E-state index is 0.138. The lowest BCUT2D eigenvalue weighted by atomic mass is 10.1. The van der Waals surface area contributed by atoms with Crippen LogP contribution in [-0.4, -0.2) is 51.9 Å². The van der Waals surface area contributed by atoms with Gasteiger partial charge in [0.25, 0.3) is 0 Å². The van der Waals surface area contributed by atoms with Crippen molar-refractivity contribution in [3.63, 3.8) is 0 Å². The molecule has 0 amide bonds. The van der Waals surface area contributed by atoms with Crippen LogP contribution in [0, 0.1) is 0 Å². The number of carbonyl (C=O) groups is 1. The van der Waals surface area contributed by atoms with E-state index in [0.29, 0.717) is 12.4 Å². The van der Waals surface area contributed by atoms with Gasteiger partial charge in [0.2, 0.25) is 5.95 Å². The molecule has 1 aliphatic heterocycles.